The van der Waals surface area contributed by atoms with Crippen LogP contribution in [0.4, 0.5) is 5.69 Å². The van der Waals surface area contributed by atoms with Crippen molar-refractivity contribution in [2.45, 2.75) is 64.5 Å². The average Bonchev–Trinajstić information content (AvgIpc) is 2.54. The summed E-state index contributed by atoms with van der Waals surface area (Å²) in [6.07, 6.45) is 7.60. The number of nitrogens with one attached hydrogen (secondary N) is 2. The van der Waals surface area contributed by atoms with E-state index in [0.29, 0.717) is 25.0 Å². The first-order valence-corrected chi connectivity index (χ1v) is 8.62. The van der Waals surface area contributed by atoms with Crippen molar-refractivity contribution in [2.75, 3.05) is 5.32 Å². The zero-order valence-corrected chi connectivity index (χ0v) is 14.0. The first-order valence-electron chi connectivity index (χ1n) is 8.62. The molecule has 1 fully saturated rings. The third-order valence-electron chi connectivity index (χ3n) is 4.08. The van der Waals surface area contributed by atoms with Crippen molar-refractivity contribution in [1.82, 2.24) is 5.32 Å². The molecule has 5 heteroatoms. The maximum Gasteiger partial charge on any atom is 0.224 e. The Bertz CT molecular complexity index is 536. The highest BCUT2D eigenvalue weighted by Crippen LogP contribution is 2.17. The highest BCUT2D eigenvalue weighted by atomic mass is 16.1. The summed E-state index contributed by atoms with van der Waals surface area (Å²) in [6.45, 7) is 2.51. The fourth-order valence-electron chi connectivity index (χ4n) is 2.88. The van der Waals surface area contributed by atoms with Crippen LogP contribution in [0.2, 0.25) is 0 Å². The van der Waals surface area contributed by atoms with E-state index in [1.807, 2.05) is 31.2 Å². The molecule has 2 rings (SSSR count). The summed E-state index contributed by atoms with van der Waals surface area (Å²) in [5.41, 5.74) is 7.83. The lowest BCUT2D eigenvalue weighted by Gasteiger charge is -2.23. The van der Waals surface area contributed by atoms with E-state index in [-0.39, 0.29) is 5.91 Å². The molecule has 5 nitrogen and oxygen atoms in total. The standard InChI is InChI=1S/C18H28N4O/c1-2-7-17(23)21-16-11-6-8-14(12-16)13-20-18(19)22-15-9-4-3-5-10-15/h6,8,11-12,15H,2-5,7,9-10,13H2,1H3,(H,21,23)(H3,19,20,22). The molecule has 1 aliphatic rings. The predicted molar refractivity (Wildman–Crippen MR) is 95.3 cm³/mol. The molecular formula is C18H28N4O. The number of hydrogen-bond acceptors (Lipinski definition) is 2. The van der Waals surface area contributed by atoms with E-state index in [1.165, 1.54) is 32.1 Å². The number of guanidine groups is 1. The van der Waals surface area contributed by atoms with E-state index in [9.17, 15) is 4.79 Å². The predicted octanol–water partition coefficient (Wildman–Crippen LogP) is 3.16. The number of aliphatic imine (C=N–C) groups is 1. The average molecular weight is 316 g/mol. The minimum Gasteiger partial charge on any atom is -0.370 e. The Morgan fingerprint density at radius 3 is 2.83 bits per heavy atom. The molecule has 4 N–H and O–H groups in total. The van der Waals surface area contributed by atoms with Gasteiger partial charge in [0.1, 0.15) is 0 Å². The minimum absolute atomic E-state index is 0.0478. The summed E-state index contributed by atoms with van der Waals surface area (Å²) in [7, 11) is 0. The van der Waals surface area contributed by atoms with Crippen LogP contribution < -0.4 is 16.4 Å². The summed E-state index contributed by atoms with van der Waals surface area (Å²) in [4.78, 5) is 16.1. The third kappa shape index (κ3) is 6.30. The summed E-state index contributed by atoms with van der Waals surface area (Å²) < 4.78 is 0. The zero-order valence-electron chi connectivity index (χ0n) is 14.0. The SMILES string of the molecule is CCCC(=O)Nc1cccc(CN=C(N)NC2CCCCC2)c1. The van der Waals surface area contributed by atoms with E-state index >= 15 is 0 Å². The van der Waals surface area contributed by atoms with Crippen molar-refractivity contribution in [2.24, 2.45) is 10.7 Å². The van der Waals surface area contributed by atoms with Crippen molar-refractivity contribution < 1.29 is 4.79 Å². The van der Waals surface area contributed by atoms with Gasteiger partial charge in [0, 0.05) is 18.2 Å². The molecule has 0 bridgehead atoms. The lowest BCUT2D eigenvalue weighted by Crippen LogP contribution is -2.41. The van der Waals surface area contributed by atoms with Crippen LogP contribution in [0.1, 0.15) is 57.4 Å². The number of nitrogens with zero attached hydrogens (tertiary/aromatic N) is 1. The molecule has 0 spiro atoms. The second-order valence-electron chi connectivity index (χ2n) is 6.18. The van der Waals surface area contributed by atoms with Gasteiger partial charge in [0.25, 0.3) is 0 Å². The van der Waals surface area contributed by atoms with Gasteiger partial charge in [0.2, 0.25) is 5.91 Å². The van der Waals surface area contributed by atoms with Gasteiger partial charge in [0.15, 0.2) is 5.96 Å². The van der Waals surface area contributed by atoms with E-state index in [0.717, 1.165) is 17.7 Å². The summed E-state index contributed by atoms with van der Waals surface area (Å²) in [5.74, 6) is 0.559. The van der Waals surface area contributed by atoms with Crippen LogP contribution in [-0.4, -0.2) is 17.9 Å². The summed E-state index contributed by atoms with van der Waals surface area (Å²) in [5, 5.41) is 6.21. The largest absolute Gasteiger partial charge is 0.370 e. The van der Waals surface area contributed by atoms with E-state index in [1.54, 1.807) is 0 Å². The molecule has 0 atom stereocenters. The Labute approximate surface area is 138 Å². The number of carbonyl (C=O) groups is 1. The zero-order chi connectivity index (χ0) is 16.5. The fraction of sp³-hybridized carbons (Fsp3) is 0.556. The molecule has 0 saturated heterocycles. The lowest BCUT2D eigenvalue weighted by molar-refractivity contribution is -0.116. The van der Waals surface area contributed by atoms with Gasteiger partial charge >= 0.3 is 0 Å². The number of benzene rings is 1. The van der Waals surface area contributed by atoms with E-state index in [2.05, 4.69) is 15.6 Å². The van der Waals surface area contributed by atoms with Gasteiger partial charge in [-0.1, -0.05) is 38.3 Å². The van der Waals surface area contributed by atoms with Crippen LogP contribution in [0, 0.1) is 0 Å². The highest BCUT2D eigenvalue weighted by Gasteiger charge is 2.13. The van der Waals surface area contributed by atoms with Crippen LogP contribution in [0.5, 0.6) is 0 Å². The van der Waals surface area contributed by atoms with Crippen LogP contribution in [0.15, 0.2) is 29.3 Å². The van der Waals surface area contributed by atoms with Crippen molar-refractivity contribution in [1.29, 1.82) is 0 Å². The monoisotopic (exact) mass is 316 g/mol. The van der Waals surface area contributed by atoms with Gasteiger partial charge < -0.3 is 16.4 Å². The molecule has 0 aliphatic heterocycles. The Hall–Kier alpha value is -2.04. The van der Waals surface area contributed by atoms with Crippen molar-refractivity contribution in [3.05, 3.63) is 29.8 Å². The van der Waals surface area contributed by atoms with Gasteiger partial charge in [-0.05, 0) is 37.0 Å². The second kappa shape index (κ2) is 9.18. The van der Waals surface area contributed by atoms with Crippen molar-refractivity contribution >= 4 is 17.6 Å². The maximum absolute atomic E-state index is 11.6. The molecule has 126 valence electrons. The van der Waals surface area contributed by atoms with Crippen LogP contribution >= 0.6 is 0 Å². The van der Waals surface area contributed by atoms with Gasteiger partial charge in [-0.15, -0.1) is 0 Å². The van der Waals surface area contributed by atoms with Crippen LogP contribution in [-0.2, 0) is 11.3 Å². The number of rotatable bonds is 6. The van der Waals surface area contributed by atoms with E-state index in [4.69, 9.17) is 5.73 Å². The Kier molecular flexibility index (Phi) is 6.91. The second-order valence-corrected chi connectivity index (χ2v) is 6.18. The van der Waals surface area contributed by atoms with Gasteiger partial charge in [0.05, 0.1) is 6.54 Å². The van der Waals surface area contributed by atoms with Gasteiger partial charge in [-0.2, -0.15) is 0 Å². The molecule has 1 aromatic rings. The molecule has 0 aromatic heterocycles. The minimum atomic E-state index is 0.0478. The smallest absolute Gasteiger partial charge is 0.224 e. The number of nitrogens with two attached hydrogens (primary N) is 1. The molecule has 0 heterocycles. The van der Waals surface area contributed by atoms with Gasteiger partial charge in [-0.25, -0.2) is 4.99 Å². The molecule has 0 unspecified atom stereocenters. The summed E-state index contributed by atoms with van der Waals surface area (Å²) >= 11 is 0. The number of hydrogen-bond donors (Lipinski definition) is 3. The molecule has 1 aromatic carbocycles. The first kappa shape index (κ1) is 17.3. The van der Waals surface area contributed by atoms with Crippen LogP contribution in [0.25, 0.3) is 0 Å². The van der Waals surface area contributed by atoms with Crippen molar-refractivity contribution in [3.63, 3.8) is 0 Å². The first-order chi connectivity index (χ1) is 11.2. The highest BCUT2D eigenvalue weighted by molar-refractivity contribution is 5.90. The topological polar surface area (TPSA) is 79.5 Å². The lowest BCUT2D eigenvalue weighted by atomic mass is 9.96. The molecule has 23 heavy (non-hydrogen) atoms. The number of amides is 1. The van der Waals surface area contributed by atoms with E-state index < -0.39 is 0 Å². The van der Waals surface area contributed by atoms with Crippen LogP contribution in [0.3, 0.4) is 0 Å². The summed E-state index contributed by atoms with van der Waals surface area (Å²) in [6, 6.07) is 8.23. The molecule has 1 saturated carbocycles. The number of carbonyl (C=O) groups excluding carboxylic acids is 1. The molecule has 1 aliphatic carbocycles. The maximum atomic E-state index is 11.6. The normalized spacial score (nSPS) is 16.1. The quantitative estimate of drug-likeness (QED) is 0.557. The Morgan fingerprint density at radius 2 is 2.09 bits per heavy atom. The van der Waals surface area contributed by atoms with Gasteiger partial charge in [-0.3, -0.25) is 4.79 Å². The van der Waals surface area contributed by atoms with Crippen molar-refractivity contribution in [3.8, 4) is 0 Å². The number of anilines is 1. The fourth-order valence-corrected chi connectivity index (χ4v) is 2.88. The Balaban J connectivity index is 1.86. The molecule has 1 amide bonds. The molecular weight excluding hydrogens is 288 g/mol. The Morgan fingerprint density at radius 1 is 1.30 bits per heavy atom. The third-order valence-corrected chi connectivity index (χ3v) is 4.08. The molecule has 0 radical (unpaired) electrons.